The van der Waals surface area contributed by atoms with Crippen LogP contribution in [0.2, 0.25) is 0 Å². The van der Waals surface area contributed by atoms with Crippen molar-refractivity contribution in [2.45, 2.75) is 39.6 Å². The summed E-state index contributed by atoms with van der Waals surface area (Å²) < 4.78 is 19.9. The van der Waals surface area contributed by atoms with Gasteiger partial charge in [-0.05, 0) is 55.2 Å². The number of ketones is 1. The number of alkyl halides is 1. The van der Waals surface area contributed by atoms with E-state index >= 15 is 0 Å². The van der Waals surface area contributed by atoms with E-state index in [1.54, 1.807) is 13.2 Å². The number of anilines is 1. The highest BCUT2D eigenvalue weighted by molar-refractivity contribution is 7.21. The van der Waals surface area contributed by atoms with Crippen LogP contribution < -0.4 is 5.32 Å². The van der Waals surface area contributed by atoms with Crippen LogP contribution in [0.3, 0.4) is 0 Å². The Kier molecular flexibility index (Phi) is 6.83. The van der Waals surface area contributed by atoms with E-state index in [2.05, 4.69) is 15.2 Å². The third-order valence-electron chi connectivity index (χ3n) is 6.70. The molecule has 2 aromatic heterocycles. The van der Waals surface area contributed by atoms with Crippen molar-refractivity contribution in [3.05, 3.63) is 69.6 Å². The number of thiophene rings is 1. The van der Waals surface area contributed by atoms with Crippen LogP contribution in [0.4, 0.5) is 10.2 Å². The monoisotopic (exact) mass is 505 g/mol. The minimum Gasteiger partial charge on any atom is -0.380 e. The Hall–Kier alpha value is -3.20. The Labute approximate surface area is 213 Å². The number of amides is 1. The molecule has 36 heavy (non-hydrogen) atoms. The van der Waals surface area contributed by atoms with Crippen LogP contribution in [-0.2, 0) is 17.9 Å². The minimum atomic E-state index is -0.795. The van der Waals surface area contributed by atoms with Crippen LogP contribution >= 0.6 is 11.3 Å². The number of aryl methyl sites for hydroxylation is 1. The second-order valence-electron chi connectivity index (χ2n) is 9.28. The first-order valence-corrected chi connectivity index (χ1v) is 12.8. The number of hydrogen-bond donors (Lipinski definition) is 1. The summed E-state index contributed by atoms with van der Waals surface area (Å²) >= 11 is 1.31. The molecule has 0 aliphatic carbocycles. The summed E-state index contributed by atoms with van der Waals surface area (Å²) in [6.07, 6.45) is -0.249. The number of nitrogens with one attached hydrogen (secondary N) is 1. The van der Waals surface area contributed by atoms with Gasteiger partial charge in [-0.15, -0.1) is 11.3 Å². The van der Waals surface area contributed by atoms with E-state index in [-0.39, 0.29) is 11.7 Å². The topological polar surface area (TPSA) is 71.5 Å². The Morgan fingerprint density at radius 2 is 2.03 bits per heavy atom. The van der Waals surface area contributed by atoms with Crippen LogP contribution in [0.15, 0.2) is 42.5 Å². The number of fused-ring (bicyclic) bond motifs is 2. The second kappa shape index (κ2) is 10.0. The zero-order valence-corrected chi connectivity index (χ0v) is 21.4. The van der Waals surface area contributed by atoms with Gasteiger partial charge < -0.3 is 10.1 Å². The van der Waals surface area contributed by atoms with Crippen molar-refractivity contribution in [3.8, 4) is 0 Å². The number of Topliss-reactive ketones (excluding diaryl/α,β-unsaturated/α-hetero) is 1. The number of aromatic nitrogens is 1. The molecule has 6 nitrogen and oxygen atoms in total. The number of likely N-dealkylation sites (tertiary alicyclic amines) is 1. The molecule has 1 aliphatic heterocycles. The van der Waals surface area contributed by atoms with E-state index in [0.29, 0.717) is 48.9 Å². The molecule has 186 valence electrons. The minimum absolute atomic E-state index is 0.0459. The average Bonchev–Trinajstić information content (AvgIpc) is 3.42. The van der Waals surface area contributed by atoms with Gasteiger partial charge in [0, 0.05) is 47.8 Å². The first-order valence-electron chi connectivity index (χ1n) is 12.0. The van der Waals surface area contributed by atoms with Gasteiger partial charge in [0.25, 0.3) is 5.91 Å². The maximum absolute atomic E-state index is 13.8. The van der Waals surface area contributed by atoms with Crippen LogP contribution in [0.25, 0.3) is 21.0 Å². The normalized spacial score (nSPS) is 16.2. The van der Waals surface area contributed by atoms with E-state index < -0.39 is 6.17 Å². The number of halogens is 1. The number of hydrogen-bond acceptors (Lipinski definition) is 6. The third kappa shape index (κ3) is 4.64. The van der Waals surface area contributed by atoms with Crippen LogP contribution in [0.1, 0.15) is 50.1 Å². The smallest absolute Gasteiger partial charge is 0.267 e. The quantitative estimate of drug-likeness (QED) is 0.317. The summed E-state index contributed by atoms with van der Waals surface area (Å²) in [7, 11) is 1.62. The molecule has 2 aromatic carbocycles. The molecule has 0 radical (unpaired) electrons. The number of pyridine rings is 1. The molecule has 1 N–H and O–H groups in total. The van der Waals surface area contributed by atoms with Gasteiger partial charge in [0.2, 0.25) is 0 Å². The van der Waals surface area contributed by atoms with Crippen molar-refractivity contribution in [1.29, 1.82) is 0 Å². The molecule has 1 aliphatic rings. The fraction of sp³-hybridized carbons (Fsp3) is 0.321. The molecule has 1 unspecified atom stereocenters. The lowest BCUT2D eigenvalue weighted by Gasteiger charge is -2.17. The lowest BCUT2D eigenvalue weighted by Crippen LogP contribution is -2.21. The van der Waals surface area contributed by atoms with Crippen LogP contribution in [0.5, 0.6) is 0 Å². The van der Waals surface area contributed by atoms with Gasteiger partial charge in [-0.1, -0.05) is 24.3 Å². The number of benzene rings is 2. The van der Waals surface area contributed by atoms with Crippen molar-refractivity contribution in [2.24, 2.45) is 0 Å². The summed E-state index contributed by atoms with van der Waals surface area (Å²) in [4.78, 5) is 33.0. The van der Waals surface area contributed by atoms with Gasteiger partial charge in [-0.2, -0.15) is 0 Å². The molecule has 3 heterocycles. The average molecular weight is 506 g/mol. The third-order valence-corrected chi connectivity index (χ3v) is 8.03. The first kappa shape index (κ1) is 24.5. The molecule has 1 amide bonds. The number of para-hydroxylation sites is 1. The molecule has 4 aromatic rings. The molecule has 5 rings (SSSR count). The predicted molar refractivity (Wildman–Crippen MR) is 142 cm³/mol. The highest BCUT2D eigenvalue weighted by Gasteiger charge is 2.24. The highest BCUT2D eigenvalue weighted by atomic mass is 32.1. The van der Waals surface area contributed by atoms with Gasteiger partial charge in [-0.3, -0.25) is 14.5 Å². The van der Waals surface area contributed by atoms with Crippen molar-refractivity contribution >= 4 is 49.8 Å². The standard InChI is InChI=1S/C28H28FN3O3S/c1-16-25-18(15-35-3)8-9-21(17(2)33)27(25)36-26(16)28(34)31-24-12-19(13-32-11-10-20(29)14-32)22-6-4-5-7-23(22)30-24/h4-9,12,20H,10-11,13-15H2,1-3H3,(H,30,31,34). The van der Waals surface area contributed by atoms with Crippen molar-refractivity contribution in [1.82, 2.24) is 9.88 Å². The first-order chi connectivity index (χ1) is 17.4. The molecule has 0 spiro atoms. The van der Waals surface area contributed by atoms with Gasteiger partial charge in [0.1, 0.15) is 12.0 Å². The van der Waals surface area contributed by atoms with E-state index in [1.165, 1.54) is 18.3 Å². The van der Waals surface area contributed by atoms with Crippen LogP contribution in [-0.4, -0.2) is 47.9 Å². The number of carbonyl (C=O) groups is 2. The predicted octanol–water partition coefficient (Wildman–Crippen LogP) is 5.90. The Morgan fingerprint density at radius 3 is 2.75 bits per heavy atom. The highest BCUT2D eigenvalue weighted by Crippen LogP contribution is 2.37. The molecule has 1 fully saturated rings. The molecular weight excluding hydrogens is 477 g/mol. The van der Waals surface area contributed by atoms with Gasteiger partial charge in [0.15, 0.2) is 5.78 Å². The van der Waals surface area contributed by atoms with Crippen molar-refractivity contribution in [2.75, 3.05) is 25.5 Å². The zero-order chi connectivity index (χ0) is 25.4. The van der Waals surface area contributed by atoms with Gasteiger partial charge in [-0.25, -0.2) is 9.37 Å². The molecule has 0 saturated carbocycles. The van der Waals surface area contributed by atoms with E-state index in [0.717, 1.165) is 37.7 Å². The molecule has 8 heteroatoms. The van der Waals surface area contributed by atoms with E-state index in [9.17, 15) is 14.0 Å². The fourth-order valence-corrected chi connectivity index (χ4v) is 6.30. The Balaban J connectivity index is 1.52. The maximum atomic E-state index is 13.8. The largest absolute Gasteiger partial charge is 0.380 e. The van der Waals surface area contributed by atoms with Gasteiger partial charge in [0.05, 0.1) is 17.0 Å². The van der Waals surface area contributed by atoms with E-state index in [1.807, 2.05) is 43.3 Å². The molecule has 0 bridgehead atoms. The molecule has 1 saturated heterocycles. The van der Waals surface area contributed by atoms with Gasteiger partial charge >= 0.3 is 0 Å². The SMILES string of the molecule is COCc1ccc(C(C)=O)c2sc(C(=O)Nc3cc(CN4CCC(F)C4)c4ccccc4n3)c(C)c12. The fourth-order valence-electron chi connectivity index (χ4n) is 4.99. The second-order valence-corrected chi connectivity index (χ2v) is 10.3. The summed E-state index contributed by atoms with van der Waals surface area (Å²) in [5.74, 6) is 0.131. The summed E-state index contributed by atoms with van der Waals surface area (Å²) in [5, 5.41) is 4.86. The summed E-state index contributed by atoms with van der Waals surface area (Å²) in [6, 6.07) is 13.4. The Morgan fingerprint density at radius 1 is 1.22 bits per heavy atom. The summed E-state index contributed by atoms with van der Waals surface area (Å²) in [5.41, 5.74) is 4.12. The summed E-state index contributed by atoms with van der Waals surface area (Å²) in [6.45, 7) is 5.54. The molecular formula is C28H28FN3O3S. The number of rotatable bonds is 7. The Bertz CT molecular complexity index is 1480. The van der Waals surface area contributed by atoms with E-state index in [4.69, 9.17) is 4.74 Å². The lowest BCUT2D eigenvalue weighted by molar-refractivity contribution is 0.101. The zero-order valence-electron chi connectivity index (χ0n) is 20.6. The number of ether oxygens (including phenoxy) is 1. The lowest BCUT2D eigenvalue weighted by atomic mass is 10.0. The number of nitrogens with zero attached hydrogens (tertiary/aromatic N) is 2. The van der Waals surface area contributed by atoms with Crippen molar-refractivity contribution < 1.29 is 18.7 Å². The van der Waals surface area contributed by atoms with Crippen LogP contribution in [0, 0.1) is 6.92 Å². The maximum Gasteiger partial charge on any atom is 0.267 e. The molecule has 1 atom stereocenters. The number of carbonyl (C=O) groups excluding carboxylic acids is 2. The number of methoxy groups -OCH3 is 1. The van der Waals surface area contributed by atoms with Crippen molar-refractivity contribution in [3.63, 3.8) is 0 Å².